The Balaban J connectivity index is 1.66. The van der Waals surface area contributed by atoms with Crippen LogP contribution in [0.15, 0.2) is 15.2 Å². The smallest absolute Gasteiger partial charge is 0.287 e. The molecule has 2 N–H and O–H groups in total. The summed E-state index contributed by atoms with van der Waals surface area (Å²) in [5.74, 6) is 0.209. The molecule has 1 aromatic heterocycles. The fraction of sp³-hybridized carbons (Fsp3) is 0.643. The van der Waals surface area contributed by atoms with Crippen LogP contribution in [0.1, 0.15) is 35.4 Å². The number of furan rings is 1. The molecular formula is C14H21BrN2O3. The first-order valence-electron chi connectivity index (χ1n) is 7.01. The molecule has 0 saturated carbocycles. The molecule has 112 valence electrons. The van der Waals surface area contributed by atoms with Crippen molar-refractivity contribution in [3.05, 3.63) is 22.1 Å². The zero-order valence-electron chi connectivity index (χ0n) is 11.7. The number of nitrogens with one attached hydrogen (secondary N) is 1. The second-order valence-corrected chi connectivity index (χ2v) is 6.03. The number of aryl methyl sites for hydroxylation is 1. The van der Waals surface area contributed by atoms with E-state index in [4.69, 9.17) is 4.42 Å². The number of hydrogen-bond donors (Lipinski definition) is 2. The number of hydrogen-bond acceptors (Lipinski definition) is 4. The van der Waals surface area contributed by atoms with Gasteiger partial charge in [-0.3, -0.25) is 4.79 Å². The third kappa shape index (κ3) is 4.33. The number of aliphatic hydroxyl groups excluding tert-OH is 1. The van der Waals surface area contributed by atoms with Crippen LogP contribution < -0.4 is 5.32 Å². The first-order valence-corrected chi connectivity index (χ1v) is 7.80. The molecule has 0 atom stereocenters. The lowest BCUT2D eigenvalue weighted by Crippen LogP contribution is -2.37. The minimum atomic E-state index is -0.165. The number of aliphatic hydroxyl groups is 1. The highest BCUT2D eigenvalue weighted by Crippen LogP contribution is 2.19. The minimum Gasteiger partial charge on any atom is -0.444 e. The zero-order valence-corrected chi connectivity index (χ0v) is 13.3. The van der Waals surface area contributed by atoms with Crippen molar-refractivity contribution in [3.63, 3.8) is 0 Å². The van der Waals surface area contributed by atoms with Gasteiger partial charge in [0.1, 0.15) is 0 Å². The topological polar surface area (TPSA) is 65.7 Å². The van der Waals surface area contributed by atoms with E-state index >= 15 is 0 Å². The summed E-state index contributed by atoms with van der Waals surface area (Å²) >= 11 is 3.22. The van der Waals surface area contributed by atoms with Crippen LogP contribution in [0.5, 0.6) is 0 Å². The first kappa shape index (κ1) is 15.5. The van der Waals surface area contributed by atoms with Crippen molar-refractivity contribution in [1.29, 1.82) is 0 Å². The van der Waals surface area contributed by atoms with E-state index in [1.807, 2.05) is 6.92 Å². The molecule has 0 bridgehead atoms. The van der Waals surface area contributed by atoms with E-state index in [-0.39, 0.29) is 12.0 Å². The van der Waals surface area contributed by atoms with Crippen LogP contribution >= 0.6 is 15.9 Å². The number of carbonyl (C=O) groups is 1. The Kier molecular flexibility index (Phi) is 5.63. The van der Waals surface area contributed by atoms with Gasteiger partial charge in [-0.2, -0.15) is 0 Å². The lowest BCUT2D eigenvalue weighted by Gasteiger charge is -2.29. The molecule has 1 aliphatic heterocycles. The molecule has 1 aliphatic rings. The highest BCUT2D eigenvalue weighted by Gasteiger charge is 2.17. The van der Waals surface area contributed by atoms with E-state index in [0.717, 1.165) is 44.5 Å². The number of rotatable bonds is 5. The summed E-state index contributed by atoms with van der Waals surface area (Å²) in [5.41, 5.74) is 0.833. The summed E-state index contributed by atoms with van der Waals surface area (Å²) < 4.78 is 5.88. The fourth-order valence-electron chi connectivity index (χ4n) is 2.40. The largest absolute Gasteiger partial charge is 0.444 e. The van der Waals surface area contributed by atoms with E-state index in [2.05, 4.69) is 26.1 Å². The van der Waals surface area contributed by atoms with Crippen LogP contribution in [0, 0.1) is 6.92 Å². The van der Waals surface area contributed by atoms with Crippen molar-refractivity contribution in [2.24, 2.45) is 0 Å². The molecule has 1 aromatic rings. The van der Waals surface area contributed by atoms with Gasteiger partial charge in [-0.15, -0.1) is 0 Å². The molecule has 0 aromatic carbocycles. The number of nitrogens with zero attached hydrogens (tertiary/aromatic N) is 1. The van der Waals surface area contributed by atoms with Crippen LogP contribution in [0.2, 0.25) is 0 Å². The fourth-order valence-corrected chi connectivity index (χ4v) is 2.90. The van der Waals surface area contributed by atoms with Crippen LogP contribution in [0.25, 0.3) is 0 Å². The molecule has 2 heterocycles. The Morgan fingerprint density at radius 3 is 2.85 bits per heavy atom. The van der Waals surface area contributed by atoms with Gasteiger partial charge in [0.05, 0.1) is 6.10 Å². The van der Waals surface area contributed by atoms with Gasteiger partial charge in [-0.05, 0) is 54.7 Å². The number of likely N-dealkylation sites (tertiary alicyclic amines) is 1. The molecule has 0 unspecified atom stereocenters. The van der Waals surface area contributed by atoms with Crippen molar-refractivity contribution in [1.82, 2.24) is 10.2 Å². The Morgan fingerprint density at radius 1 is 1.55 bits per heavy atom. The third-order valence-electron chi connectivity index (χ3n) is 3.59. The second-order valence-electron chi connectivity index (χ2n) is 5.24. The summed E-state index contributed by atoms with van der Waals surface area (Å²) in [7, 11) is 0. The molecule has 1 fully saturated rings. The quantitative estimate of drug-likeness (QED) is 0.801. The van der Waals surface area contributed by atoms with Crippen molar-refractivity contribution in [3.8, 4) is 0 Å². The highest BCUT2D eigenvalue weighted by molar-refractivity contribution is 9.10. The van der Waals surface area contributed by atoms with Gasteiger partial charge in [0.15, 0.2) is 10.4 Å². The van der Waals surface area contributed by atoms with E-state index in [0.29, 0.717) is 17.0 Å². The monoisotopic (exact) mass is 344 g/mol. The van der Waals surface area contributed by atoms with E-state index in [1.54, 1.807) is 6.07 Å². The van der Waals surface area contributed by atoms with Crippen molar-refractivity contribution in [2.45, 2.75) is 32.3 Å². The SMILES string of the molecule is Cc1cc(Br)oc1C(=O)NCCCN1CCC(O)CC1. The maximum atomic E-state index is 11.9. The second kappa shape index (κ2) is 7.24. The lowest BCUT2D eigenvalue weighted by atomic mass is 10.1. The highest BCUT2D eigenvalue weighted by atomic mass is 79.9. The van der Waals surface area contributed by atoms with Gasteiger partial charge in [0, 0.05) is 25.2 Å². The normalized spacial score (nSPS) is 17.4. The summed E-state index contributed by atoms with van der Waals surface area (Å²) in [6.45, 7) is 5.32. The van der Waals surface area contributed by atoms with E-state index in [9.17, 15) is 9.90 Å². The Hall–Kier alpha value is -0.850. The molecule has 20 heavy (non-hydrogen) atoms. The van der Waals surface area contributed by atoms with Crippen molar-refractivity contribution < 1.29 is 14.3 Å². The van der Waals surface area contributed by atoms with Crippen LogP contribution in [0.3, 0.4) is 0 Å². The van der Waals surface area contributed by atoms with Gasteiger partial charge in [0.2, 0.25) is 0 Å². The van der Waals surface area contributed by atoms with Crippen LogP contribution in [-0.4, -0.2) is 48.2 Å². The van der Waals surface area contributed by atoms with Crippen LogP contribution in [-0.2, 0) is 0 Å². The molecular weight excluding hydrogens is 324 g/mol. The maximum Gasteiger partial charge on any atom is 0.287 e. The Morgan fingerprint density at radius 2 is 2.25 bits per heavy atom. The van der Waals surface area contributed by atoms with E-state index in [1.165, 1.54) is 0 Å². The molecule has 1 amide bonds. The van der Waals surface area contributed by atoms with Gasteiger partial charge in [0.25, 0.3) is 5.91 Å². The van der Waals surface area contributed by atoms with Gasteiger partial charge in [-0.1, -0.05) is 0 Å². The summed E-state index contributed by atoms with van der Waals surface area (Å²) in [6.07, 6.45) is 2.48. The number of piperidine rings is 1. The summed E-state index contributed by atoms with van der Waals surface area (Å²) in [6, 6.07) is 1.79. The lowest BCUT2D eigenvalue weighted by molar-refractivity contribution is 0.0814. The van der Waals surface area contributed by atoms with Crippen LogP contribution in [0.4, 0.5) is 0 Å². The number of halogens is 1. The average Bonchev–Trinajstić information content (AvgIpc) is 2.75. The molecule has 1 saturated heterocycles. The first-order chi connectivity index (χ1) is 9.56. The summed E-state index contributed by atoms with van der Waals surface area (Å²) in [4.78, 5) is 14.2. The molecule has 0 aliphatic carbocycles. The average molecular weight is 345 g/mol. The van der Waals surface area contributed by atoms with Gasteiger partial charge in [-0.25, -0.2) is 0 Å². The number of carbonyl (C=O) groups excluding carboxylic acids is 1. The van der Waals surface area contributed by atoms with E-state index < -0.39 is 0 Å². The number of amides is 1. The predicted molar refractivity (Wildman–Crippen MR) is 79.8 cm³/mol. The minimum absolute atomic E-state index is 0.133. The molecule has 0 spiro atoms. The molecule has 0 radical (unpaired) electrons. The van der Waals surface area contributed by atoms with Gasteiger partial charge < -0.3 is 19.7 Å². The molecule has 5 nitrogen and oxygen atoms in total. The predicted octanol–water partition coefficient (Wildman–Crippen LogP) is 1.93. The van der Waals surface area contributed by atoms with Crippen molar-refractivity contribution in [2.75, 3.05) is 26.2 Å². The Labute approximate surface area is 127 Å². The van der Waals surface area contributed by atoms with Gasteiger partial charge >= 0.3 is 0 Å². The summed E-state index contributed by atoms with van der Waals surface area (Å²) in [5, 5.41) is 12.3. The maximum absolute atomic E-state index is 11.9. The molecule has 6 heteroatoms. The standard InChI is InChI=1S/C14H21BrN2O3/c1-10-9-12(15)20-13(10)14(19)16-5-2-6-17-7-3-11(18)4-8-17/h9,11,18H,2-8H2,1H3,(H,16,19). The Bertz CT molecular complexity index is 453. The van der Waals surface area contributed by atoms with Crippen molar-refractivity contribution >= 4 is 21.8 Å². The third-order valence-corrected chi connectivity index (χ3v) is 3.98. The molecule has 2 rings (SSSR count). The zero-order chi connectivity index (χ0) is 14.5.